The maximum absolute atomic E-state index is 13.6. The summed E-state index contributed by atoms with van der Waals surface area (Å²) >= 11 is 1.53. The number of benzene rings is 1. The Morgan fingerprint density at radius 1 is 1.50 bits per heavy atom. The van der Waals surface area contributed by atoms with Gasteiger partial charge in [-0.25, -0.2) is 4.39 Å². The number of carbonyl (C=O) groups is 2. The minimum atomic E-state index is -0.490. The standard InChI is InChI=1S/C16H21FN2O2S/c1-4-11(3)18-15(20)14-8-22-9-19(14)16(21)12-6-5-10(2)13(17)7-12/h5-7,11,14H,4,8-9H2,1-3H3,(H,18,20). The number of nitrogens with zero attached hydrogens (tertiary/aromatic N) is 1. The molecule has 2 unspecified atom stereocenters. The van der Waals surface area contributed by atoms with Gasteiger partial charge >= 0.3 is 0 Å². The largest absolute Gasteiger partial charge is 0.352 e. The lowest BCUT2D eigenvalue weighted by Crippen LogP contribution is -2.49. The van der Waals surface area contributed by atoms with E-state index in [4.69, 9.17) is 0 Å². The third-order valence-electron chi connectivity index (χ3n) is 3.87. The van der Waals surface area contributed by atoms with Crippen LogP contribution in [0.2, 0.25) is 0 Å². The molecule has 1 aromatic carbocycles. The van der Waals surface area contributed by atoms with Crippen LogP contribution < -0.4 is 5.32 Å². The molecule has 0 radical (unpaired) electrons. The molecular formula is C16H21FN2O2S. The fourth-order valence-electron chi connectivity index (χ4n) is 2.19. The number of halogens is 1. The van der Waals surface area contributed by atoms with Crippen molar-refractivity contribution in [1.29, 1.82) is 0 Å². The van der Waals surface area contributed by atoms with Crippen molar-refractivity contribution in [1.82, 2.24) is 10.2 Å². The van der Waals surface area contributed by atoms with Crippen LogP contribution in [0.15, 0.2) is 18.2 Å². The summed E-state index contributed by atoms with van der Waals surface area (Å²) < 4.78 is 13.6. The Hall–Kier alpha value is -1.56. The Labute approximate surface area is 134 Å². The summed E-state index contributed by atoms with van der Waals surface area (Å²) in [5, 5.41) is 2.91. The first-order chi connectivity index (χ1) is 10.4. The average molecular weight is 324 g/mol. The van der Waals surface area contributed by atoms with Crippen molar-refractivity contribution in [2.75, 3.05) is 11.6 Å². The lowest BCUT2D eigenvalue weighted by atomic mass is 10.1. The van der Waals surface area contributed by atoms with Crippen LogP contribution in [0.4, 0.5) is 4.39 Å². The van der Waals surface area contributed by atoms with Crippen molar-refractivity contribution in [2.24, 2.45) is 0 Å². The molecule has 6 heteroatoms. The predicted molar refractivity (Wildman–Crippen MR) is 86.3 cm³/mol. The van der Waals surface area contributed by atoms with Crippen molar-refractivity contribution < 1.29 is 14.0 Å². The number of rotatable bonds is 4. The molecule has 1 saturated heterocycles. The van der Waals surface area contributed by atoms with Gasteiger partial charge in [0.15, 0.2) is 0 Å². The molecule has 0 aliphatic carbocycles. The summed E-state index contributed by atoms with van der Waals surface area (Å²) in [7, 11) is 0. The second kappa shape index (κ2) is 7.13. The first-order valence-electron chi connectivity index (χ1n) is 7.39. The van der Waals surface area contributed by atoms with Crippen LogP contribution in [0, 0.1) is 12.7 Å². The molecule has 0 aromatic heterocycles. The fraction of sp³-hybridized carbons (Fsp3) is 0.500. The van der Waals surface area contributed by atoms with Crippen molar-refractivity contribution >= 4 is 23.6 Å². The highest BCUT2D eigenvalue weighted by atomic mass is 32.2. The Kier molecular flexibility index (Phi) is 5.45. The summed E-state index contributed by atoms with van der Waals surface area (Å²) in [5.41, 5.74) is 0.783. The molecule has 1 N–H and O–H groups in total. The third-order valence-corrected chi connectivity index (χ3v) is 4.88. The van der Waals surface area contributed by atoms with Gasteiger partial charge in [0, 0.05) is 17.4 Å². The third kappa shape index (κ3) is 3.61. The van der Waals surface area contributed by atoms with Crippen LogP contribution in [0.3, 0.4) is 0 Å². The van der Waals surface area contributed by atoms with Crippen LogP contribution in [-0.4, -0.2) is 40.4 Å². The van der Waals surface area contributed by atoms with Crippen LogP contribution >= 0.6 is 11.8 Å². The first kappa shape index (κ1) is 16.8. The van der Waals surface area contributed by atoms with E-state index in [1.807, 2.05) is 13.8 Å². The fourth-order valence-corrected chi connectivity index (χ4v) is 3.35. The van der Waals surface area contributed by atoms with E-state index in [-0.39, 0.29) is 23.4 Å². The zero-order valence-electron chi connectivity index (χ0n) is 13.1. The van der Waals surface area contributed by atoms with E-state index in [9.17, 15) is 14.0 Å². The summed E-state index contributed by atoms with van der Waals surface area (Å²) in [6, 6.07) is 4.01. The normalized spacial score (nSPS) is 19.1. The number of hydrogen-bond donors (Lipinski definition) is 1. The van der Waals surface area contributed by atoms with Crippen molar-refractivity contribution in [3.8, 4) is 0 Å². The van der Waals surface area contributed by atoms with Gasteiger partial charge in [0.2, 0.25) is 5.91 Å². The van der Waals surface area contributed by atoms with E-state index in [1.54, 1.807) is 19.1 Å². The molecule has 0 bridgehead atoms. The molecule has 2 amide bonds. The lowest BCUT2D eigenvalue weighted by molar-refractivity contribution is -0.125. The Bertz CT molecular complexity index is 579. The Balaban J connectivity index is 2.14. The van der Waals surface area contributed by atoms with Crippen molar-refractivity contribution in [3.05, 3.63) is 35.1 Å². The van der Waals surface area contributed by atoms with Gasteiger partial charge in [-0.3, -0.25) is 9.59 Å². The number of nitrogens with one attached hydrogen (secondary N) is 1. The Morgan fingerprint density at radius 2 is 2.23 bits per heavy atom. The first-order valence-corrected chi connectivity index (χ1v) is 8.54. The second-order valence-electron chi connectivity index (χ2n) is 5.57. The number of thioether (sulfide) groups is 1. The maximum atomic E-state index is 13.6. The van der Waals surface area contributed by atoms with E-state index in [1.165, 1.54) is 22.7 Å². The molecule has 1 aliphatic heterocycles. The molecule has 1 heterocycles. The Morgan fingerprint density at radius 3 is 2.86 bits per heavy atom. The highest BCUT2D eigenvalue weighted by molar-refractivity contribution is 7.99. The van der Waals surface area contributed by atoms with Gasteiger partial charge in [0.25, 0.3) is 5.91 Å². The summed E-state index contributed by atoms with van der Waals surface area (Å²) in [6.45, 7) is 5.57. The molecule has 4 nitrogen and oxygen atoms in total. The van der Waals surface area contributed by atoms with E-state index in [2.05, 4.69) is 5.32 Å². The minimum Gasteiger partial charge on any atom is -0.352 e. The van der Waals surface area contributed by atoms with E-state index >= 15 is 0 Å². The van der Waals surface area contributed by atoms with E-state index in [0.717, 1.165) is 6.42 Å². The molecule has 2 atom stereocenters. The van der Waals surface area contributed by atoms with Crippen LogP contribution in [0.25, 0.3) is 0 Å². The number of hydrogen-bond acceptors (Lipinski definition) is 3. The second-order valence-corrected chi connectivity index (χ2v) is 6.57. The quantitative estimate of drug-likeness (QED) is 0.926. The molecule has 1 aliphatic rings. The van der Waals surface area contributed by atoms with E-state index < -0.39 is 11.9 Å². The highest BCUT2D eigenvalue weighted by Gasteiger charge is 2.35. The zero-order valence-corrected chi connectivity index (χ0v) is 13.9. The van der Waals surface area contributed by atoms with E-state index in [0.29, 0.717) is 17.2 Å². The SMILES string of the molecule is CCC(C)NC(=O)C1CSCN1C(=O)c1ccc(C)c(F)c1. The topological polar surface area (TPSA) is 49.4 Å². The number of carbonyl (C=O) groups excluding carboxylic acids is 2. The minimum absolute atomic E-state index is 0.0758. The van der Waals surface area contributed by atoms with Gasteiger partial charge in [-0.05, 0) is 38.0 Å². The van der Waals surface area contributed by atoms with Gasteiger partial charge in [-0.2, -0.15) is 0 Å². The number of aryl methyl sites for hydroxylation is 1. The summed E-state index contributed by atoms with van der Waals surface area (Å²) in [5.74, 6) is 0.182. The summed E-state index contributed by atoms with van der Waals surface area (Å²) in [4.78, 5) is 26.4. The average Bonchev–Trinajstić information content (AvgIpc) is 2.98. The molecule has 22 heavy (non-hydrogen) atoms. The molecule has 0 spiro atoms. The zero-order chi connectivity index (χ0) is 16.3. The molecule has 120 valence electrons. The molecular weight excluding hydrogens is 303 g/mol. The van der Waals surface area contributed by atoms with Crippen LogP contribution in [-0.2, 0) is 4.79 Å². The van der Waals surface area contributed by atoms with Crippen LogP contribution in [0.5, 0.6) is 0 Å². The summed E-state index contributed by atoms with van der Waals surface area (Å²) in [6.07, 6.45) is 0.836. The highest BCUT2D eigenvalue weighted by Crippen LogP contribution is 2.24. The van der Waals surface area contributed by atoms with Crippen molar-refractivity contribution in [3.63, 3.8) is 0 Å². The monoisotopic (exact) mass is 324 g/mol. The van der Waals surface area contributed by atoms with Gasteiger partial charge in [0.1, 0.15) is 11.9 Å². The number of amides is 2. The maximum Gasteiger partial charge on any atom is 0.255 e. The molecule has 2 rings (SSSR count). The van der Waals surface area contributed by atoms with Gasteiger partial charge in [0.05, 0.1) is 5.88 Å². The molecule has 1 fully saturated rings. The van der Waals surface area contributed by atoms with Crippen LogP contribution in [0.1, 0.15) is 36.2 Å². The predicted octanol–water partition coefficient (Wildman–Crippen LogP) is 2.56. The lowest BCUT2D eigenvalue weighted by Gasteiger charge is -2.24. The van der Waals surface area contributed by atoms with Gasteiger partial charge < -0.3 is 10.2 Å². The van der Waals surface area contributed by atoms with Crippen molar-refractivity contribution in [2.45, 2.75) is 39.3 Å². The molecule has 1 aromatic rings. The van der Waals surface area contributed by atoms with Gasteiger partial charge in [-0.1, -0.05) is 13.0 Å². The van der Waals surface area contributed by atoms with Gasteiger partial charge in [-0.15, -0.1) is 11.8 Å². The smallest absolute Gasteiger partial charge is 0.255 e. The molecule has 0 saturated carbocycles.